The molecule has 0 fully saturated rings. The zero-order valence-corrected chi connectivity index (χ0v) is 17.7. The Morgan fingerprint density at radius 2 is 1.66 bits per heavy atom. The highest BCUT2D eigenvalue weighted by atomic mass is 16.5. The van der Waals surface area contributed by atoms with Gasteiger partial charge in [-0.1, -0.05) is 23.8 Å². The molecule has 29 heavy (non-hydrogen) atoms. The van der Waals surface area contributed by atoms with Crippen molar-refractivity contribution in [3.05, 3.63) is 64.8 Å². The molecule has 152 valence electrons. The lowest BCUT2D eigenvalue weighted by molar-refractivity contribution is 0.354. The number of hydrogen-bond acceptors (Lipinski definition) is 6. The van der Waals surface area contributed by atoms with E-state index in [1.807, 2.05) is 31.2 Å². The largest absolute Gasteiger partial charge is 0.493 e. The lowest BCUT2D eigenvalue weighted by atomic mass is 10.1. The molecule has 0 aliphatic rings. The Balaban J connectivity index is 1.66. The second kappa shape index (κ2) is 9.28. The topological polar surface area (TPSA) is 68.3 Å². The number of nitrogens with one attached hydrogen (secondary N) is 2. The van der Waals surface area contributed by atoms with Crippen molar-refractivity contribution in [2.75, 3.05) is 31.4 Å². The highest BCUT2D eigenvalue weighted by Gasteiger charge is 2.07. The second-order valence-electron chi connectivity index (χ2n) is 7.03. The number of rotatable bonds is 8. The molecule has 0 radical (unpaired) electrons. The molecule has 1 aromatic heterocycles. The summed E-state index contributed by atoms with van der Waals surface area (Å²) in [5.74, 6) is 2.85. The van der Waals surface area contributed by atoms with E-state index in [0.29, 0.717) is 12.5 Å². The molecule has 0 aliphatic heterocycles. The van der Waals surface area contributed by atoms with Crippen molar-refractivity contribution in [2.24, 2.45) is 0 Å². The van der Waals surface area contributed by atoms with Crippen LogP contribution in [0, 0.1) is 20.8 Å². The van der Waals surface area contributed by atoms with Crippen LogP contribution in [0.3, 0.4) is 0 Å². The minimum Gasteiger partial charge on any atom is -0.493 e. The summed E-state index contributed by atoms with van der Waals surface area (Å²) in [4.78, 5) is 9.10. The van der Waals surface area contributed by atoms with Crippen molar-refractivity contribution in [1.29, 1.82) is 0 Å². The summed E-state index contributed by atoms with van der Waals surface area (Å²) in [5, 5.41) is 6.71. The van der Waals surface area contributed by atoms with Crippen molar-refractivity contribution in [1.82, 2.24) is 9.97 Å². The van der Waals surface area contributed by atoms with Crippen molar-refractivity contribution < 1.29 is 9.47 Å². The number of aromatic nitrogens is 2. The monoisotopic (exact) mass is 392 g/mol. The lowest BCUT2D eigenvalue weighted by Crippen LogP contribution is -2.10. The van der Waals surface area contributed by atoms with Crippen LogP contribution in [0.2, 0.25) is 0 Å². The van der Waals surface area contributed by atoms with E-state index in [1.165, 1.54) is 11.1 Å². The third-order valence-electron chi connectivity index (χ3n) is 4.64. The summed E-state index contributed by atoms with van der Waals surface area (Å²) in [6.45, 7) is 6.86. The van der Waals surface area contributed by atoms with Crippen molar-refractivity contribution in [3.8, 4) is 11.5 Å². The molecular weight excluding hydrogens is 364 g/mol. The number of methoxy groups -OCH3 is 2. The van der Waals surface area contributed by atoms with E-state index in [9.17, 15) is 0 Å². The average molecular weight is 393 g/mol. The van der Waals surface area contributed by atoms with Gasteiger partial charge < -0.3 is 20.1 Å². The van der Waals surface area contributed by atoms with Crippen molar-refractivity contribution in [3.63, 3.8) is 0 Å². The summed E-state index contributed by atoms with van der Waals surface area (Å²) in [5.41, 5.74) is 5.52. The van der Waals surface area contributed by atoms with E-state index in [4.69, 9.17) is 9.47 Å². The first-order chi connectivity index (χ1) is 14.0. The predicted octanol–water partition coefficient (Wildman–Crippen LogP) is 4.82. The maximum absolute atomic E-state index is 5.37. The highest BCUT2D eigenvalue weighted by molar-refractivity contribution is 5.61. The zero-order valence-electron chi connectivity index (χ0n) is 17.7. The van der Waals surface area contributed by atoms with Crippen LogP contribution in [0.15, 0.2) is 42.5 Å². The zero-order chi connectivity index (χ0) is 20.8. The summed E-state index contributed by atoms with van der Waals surface area (Å²) >= 11 is 0. The van der Waals surface area contributed by atoms with Gasteiger partial charge >= 0.3 is 0 Å². The third kappa shape index (κ3) is 5.38. The fourth-order valence-electron chi connectivity index (χ4n) is 3.16. The third-order valence-corrected chi connectivity index (χ3v) is 4.64. The first kappa shape index (κ1) is 20.5. The van der Waals surface area contributed by atoms with Crippen LogP contribution in [-0.4, -0.2) is 30.7 Å². The van der Waals surface area contributed by atoms with Gasteiger partial charge in [-0.3, -0.25) is 0 Å². The van der Waals surface area contributed by atoms with Crippen LogP contribution in [0.1, 0.15) is 22.4 Å². The number of anilines is 3. The van der Waals surface area contributed by atoms with Gasteiger partial charge in [0.2, 0.25) is 5.95 Å². The molecule has 0 bridgehead atoms. The van der Waals surface area contributed by atoms with Crippen molar-refractivity contribution >= 4 is 17.5 Å². The van der Waals surface area contributed by atoms with Crippen LogP contribution in [-0.2, 0) is 6.42 Å². The smallest absolute Gasteiger partial charge is 0.224 e. The fourth-order valence-corrected chi connectivity index (χ4v) is 3.16. The molecule has 0 amide bonds. The number of ether oxygens (including phenoxy) is 2. The van der Waals surface area contributed by atoms with Crippen LogP contribution >= 0.6 is 0 Å². The van der Waals surface area contributed by atoms with E-state index in [1.54, 1.807) is 14.2 Å². The molecule has 3 aromatic rings. The van der Waals surface area contributed by atoms with Crippen molar-refractivity contribution in [2.45, 2.75) is 27.2 Å². The molecule has 6 heteroatoms. The van der Waals surface area contributed by atoms with Gasteiger partial charge in [-0.25, -0.2) is 4.98 Å². The van der Waals surface area contributed by atoms with Crippen LogP contribution in [0.4, 0.5) is 17.5 Å². The predicted molar refractivity (Wildman–Crippen MR) is 118 cm³/mol. The van der Waals surface area contributed by atoms with E-state index >= 15 is 0 Å². The van der Waals surface area contributed by atoms with Gasteiger partial charge in [0.1, 0.15) is 5.82 Å². The highest BCUT2D eigenvalue weighted by Crippen LogP contribution is 2.27. The minimum atomic E-state index is 0.609. The Morgan fingerprint density at radius 1 is 0.862 bits per heavy atom. The normalized spacial score (nSPS) is 10.5. The van der Waals surface area contributed by atoms with Gasteiger partial charge in [-0.2, -0.15) is 4.98 Å². The number of benzene rings is 2. The molecule has 1 heterocycles. The van der Waals surface area contributed by atoms with Gasteiger partial charge in [-0.15, -0.1) is 0 Å². The molecule has 6 nitrogen and oxygen atoms in total. The quantitative estimate of drug-likeness (QED) is 0.573. The minimum absolute atomic E-state index is 0.609. The SMILES string of the molecule is COc1ccc(CCNc2nc(C)cc(Nc3ccc(C)cc3C)n2)cc1OC. The standard InChI is InChI=1S/C23H28N4O2/c1-15-6-8-19(16(2)12-15)26-22-13-17(3)25-23(27-22)24-11-10-18-7-9-20(28-4)21(14-18)29-5/h6-9,12-14H,10-11H2,1-5H3,(H2,24,25,26,27). The van der Waals surface area contributed by atoms with Gasteiger partial charge in [0, 0.05) is 24.0 Å². The Morgan fingerprint density at radius 3 is 2.38 bits per heavy atom. The Kier molecular flexibility index (Phi) is 6.54. The van der Waals surface area contributed by atoms with Crippen LogP contribution in [0.25, 0.3) is 0 Å². The molecule has 0 spiro atoms. The maximum atomic E-state index is 5.37. The average Bonchev–Trinajstić information content (AvgIpc) is 2.69. The number of aryl methyl sites for hydroxylation is 3. The maximum Gasteiger partial charge on any atom is 0.224 e. The van der Waals surface area contributed by atoms with E-state index in [0.717, 1.165) is 40.7 Å². The molecule has 0 aliphatic carbocycles. The van der Waals surface area contributed by atoms with Gasteiger partial charge in [0.15, 0.2) is 11.5 Å². The summed E-state index contributed by atoms with van der Waals surface area (Å²) in [7, 11) is 3.28. The van der Waals surface area contributed by atoms with E-state index < -0.39 is 0 Å². The van der Waals surface area contributed by atoms with Gasteiger partial charge in [0.25, 0.3) is 0 Å². The van der Waals surface area contributed by atoms with Gasteiger partial charge in [-0.05, 0) is 56.5 Å². The summed E-state index contributed by atoms with van der Waals surface area (Å²) < 4.78 is 10.7. The Bertz CT molecular complexity index is 989. The Labute approximate surface area is 172 Å². The van der Waals surface area contributed by atoms with Crippen LogP contribution < -0.4 is 20.1 Å². The first-order valence-corrected chi connectivity index (χ1v) is 9.63. The summed E-state index contributed by atoms with van der Waals surface area (Å²) in [6, 6.07) is 14.2. The molecular formula is C23H28N4O2. The number of hydrogen-bond donors (Lipinski definition) is 2. The number of nitrogens with zero attached hydrogens (tertiary/aromatic N) is 2. The second-order valence-corrected chi connectivity index (χ2v) is 7.03. The molecule has 0 atom stereocenters. The van der Waals surface area contributed by atoms with E-state index in [2.05, 4.69) is 52.6 Å². The Hall–Kier alpha value is -3.28. The van der Waals surface area contributed by atoms with Crippen LogP contribution in [0.5, 0.6) is 11.5 Å². The molecule has 0 saturated heterocycles. The molecule has 0 saturated carbocycles. The lowest BCUT2D eigenvalue weighted by Gasteiger charge is -2.13. The van der Waals surface area contributed by atoms with E-state index in [-0.39, 0.29) is 0 Å². The molecule has 2 aromatic carbocycles. The summed E-state index contributed by atoms with van der Waals surface area (Å²) in [6.07, 6.45) is 0.817. The first-order valence-electron chi connectivity index (χ1n) is 9.63. The molecule has 3 rings (SSSR count). The van der Waals surface area contributed by atoms with Gasteiger partial charge in [0.05, 0.1) is 14.2 Å². The molecule has 2 N–H and O–H groups in total. The fraction of sp³-hybridized carbons (Fsp3) is 0.304. The molecule has 0 unspecified atom stereocenters.